The van der Waals surface area contributed by atoms with Gasteiger partial charge in [0.2, 0.25) is 0 Å². The van der Waals surface area contributed by atoms with Crippen LogP contribution in [0.4, 0.5) is 15.8 Å². The zero-order valence-corrected chi connectivity index (χ0v) is 10.3. The molecular weight excluding hydrogens is 243 g/mol. The fraction of sp³-hybridized carbons (Fsp3) is 0.0667. The first-order chi connectivity index (χ1) is 9.17. The van der Waals surface area contributed by atoms with Crippen LogP contribution in [-0.2, 0) is 0 Å². The van der Waals surface area contributed by atoms with Gasteiger partial charge in [-0.1, -0.05) is 6.07 Å². The maximum Gasteiger partial charge on any atom is 0.155 e. The first-order valence-corrected chi connectivity index (χ1v) is 5.65. The summed E-state index contributed by atoms with van der Waals surface area (Å²) in [6.07, 6.45) is 0.505. The molecule has 0 aromatic heterocycles. The molecule has 0 amide bonds. The standard InChI is InChI=1S/C15H11FN2O/c1-18(12-7-5-11(9-17)6-8-12)15-4-2-3-14(16)13(15)10-19/h2-8,10H,1H3. The fourth-order valence-corrected chi connectivity index (χ4v) is 1.83. The number of aldehydes is 1. The first kappa shape index (κ1) is 12.8. The van der Waals surface area contributed by atoms with Crippen molar-refractivity contribution in [2.24, 2.45) is 0 Å². The molecule has 2 aromatic rings. The van der Waals surface area contributed by atoms with Crippen LogP contribution in [0.1, 0.15) is 15.9 Å². The quantitative estimate of drug-likeness (QED) is 0.789. The molecule has 0 spiro atoms. The molecule has 0 fully saturated rings. The van der Waals surface area contributed by atoms with Crippen molar-refractivity contribution in [1.82, 2.24) is 0 Å². The van der Waals surface area contributed by atoms with Crippen LogP contribution >= 0.6 is 0 Å². The monoisotopic (exact) mass is 254 g/mol. The van der Waals surface area contributed by atoms with E-state index >= 15 is 0 Å². The number of hydrogen-bond donors (Lipinski definition) is 0. The zero-order chi connectivity index (χ0) is 13.8. The molecule has 94 valence electrons. The molecule has 0 N–H and O–H groups in total. The van der Waals surface area contributed by atoms with Gasteiger partial charge in [-0.05, 0) is 36.4 Å². The average Bonchev–Trinajstić information content (AvgIpc) is 2.46. The molecule has 2 rings (SSSR count). The molecule has 19 heavy (non-hydrogen) atoms. The summed E-state index contributed by atoms with van der Waals surface area (Å²) in [5, 5.41) is 8.74. The van der Waals surface area contributed by atoms with Gasteiger partial charge in [0, 0.05) is 12.7 Å². The normalized spacial score (nSPS) is 9.74. The van der Waals surface area contributed by atoms with Gasteiger partial charge in [0.05, 0.1) is 22.9 Å². The van der Waals surface area contributed by atoms with Crippen LogP contribution in [0.3, 0.4) is 0 Å². The summed E-state index contributed by atoms with van der Waals surface area (Å²) < 4.78 is 13.5. The Morgan fingerprint density at radius 1 is 1.21 bits per heavy atom. The smallest absolute Gasteiger partial charge is 0.155 e. The second-order valence-electron chi connectivity index (χ2n) is 4.01. The Morgan fingerprint density at radius 2 is 1.89 bits per heavy atom. The number of nitriles is 1. The number of halogens is 1. The van der Waals surface area contributed by atoms with Gasteiger partial charge < -0.3 is 4.90 Å². The highest BCUT2D eigenvalue weighted by Gasteiger charge is 2.12. The van der Waals surface area contributed by atoms with Gasteiger partial charge in [-0.3, -0.25) is 4.79 Å². The molecule has 0 saturated carbocycles. The van der Waals surface area contributed by atoms with E-state index in [0.717, 1.165) is 5.69 Å². The third-order valence-corrected chi connectivity index (χ3v) is 2.89. The van der Waals surface area contributed by atoms with Crippen molar-refractivity contribution in [3.8, 4) is 6.07 Å². The van der Waals surface area contributed by atoms with Crippen molar-refractivity contribution in [2.75, 3.05) is 11.9 Å². The zero-order valence-electron chi connectivity index (χ0n) is 10.3. The Morgan fingerprint density at radius 3 is 2.47 bits per heavy atom. The first-order valence-electron chi connectivity index (χ1n) is 5.65. The van der Waals surface area contributed by atoms with Crippen molar-refractivity contribution >= 4 is 17.7 Å². The topological polar surface area (TPSA) is 44.1 Å². The van der Waals surface area contributed by atoms with Crippen molar-refractivity contribution in [3.05, 3.63) is 59.4 Å². The molecular formula is C15H11FN2O. The lowest BCUT2D eigenvalue weighted by Gasteiger charge is -2.21. The van der Waals surface area contributed by atoms with Gasteiger partial charge in [0.1, 0.15) is 5.82 Å². The van der Waals surface area contributed by atoms with Crippen LogP contribution in [0.2, 0.25) is 0 Å². The Balaban J connectivity index is 2.44. The van der Waals surface area contributed by atoms with E-state index in [1.807, 2.05) is 6.07 Å². The van der Waals surface area contributed by atoms with E-state index in [4.69, 9.17) is 5.26 Å². The van der Waals surface area contributed by atoms with Gasteiger partial charge in [-0.2, -0.15) is 5.26 Å². The third kappa shape index (κ3) is 2.45. The fourth-order valence-electron chi connectivity index (χ4n) is 1.83. The van der Waals surface area contributed by atoms with E-state index in [-0.39, 0.29) is 5.56 Å². The van der Waals surface area contributed by atoms with E-state index in [1.54, 1.807) is 48.3 Å². The Labute approximate surface area is 110 Å². The molecule has 0 unspecified atom stereocenters. The second-order valence-corrected chi connectivity index (χ2v) is 4.01. The molecule has 0 radical (unpaired) electrons. The number of rotatable bonds is 3. The van der Waals surface area contributed by atoms with Gasteiger partial charge in [-0.15, -0.1) is 0 Å². The Kier molecular flexibility index (Phi) is 3.58. The predicted molar refractivity (Wildman–Crippen MR) is 71.0 cm³/mol. The number of benzene rings is 2. The minimum atomic E-state index is -0.548. The number of carbonyl (C=O) groups excluding carboxylic acids is 1. The lowest BCUT2D eigenvalue weighted by molar-refractivity contribution is 0.112. The number of anilines is 2. The molecule has 0 saturated heterocycles. The molecule has 4 heteroatoms. The molecule has 0 atom stereocenters. The summed E-state index contributed by atoms with van der Waals surface area (Å²) in [6, 6.07) is 13.3. The summed E-state index contributed by atoms with van der Waals surface area (Å²) in [6.45, 7) is 0. The number of hydrogen-bond acceptors (Lipinski definition) is 3. The van der Waals surface area contributed by atoms with Crippen molar-refractivity contribution in [1.29, 1.82) is 5.26 Å². The maximum absolute atomic E-state index is 13.5. The van der Waals surface area contributed by atoms with Gasteiger partial charge in [0.15, 0.2) is 6.29 Å². The highest BCUT2D eigenvalue weighted by molar-refractivity contribution is 5.87. The van der Waals surface area contributed by atoms with Crippen LogP contribution in [0.15, 0.2) is 42.5 Å². The van der Waals surface area contributed by atoms with Crippen LogP contribution in [0.25, 0.3) is 0 Å². The summed E-state index contributed by atoms with van der Waals surface area (Å²) in [5.41, 5.74) is 1.83. The van der Waals surface area contributed by atoms with E-state index in [0.29, 0.717) is 17.5 Å². The third-order valence-electron chi connectivity index (χ3n) is 2.89. The molecule has 0 aliphatic rings. The molecule has 0 aliphatic carbocycles. The van der Waals surface area contributed by atoms with Gasteiger partial charge in [0.25, 0.3) is 0 Å². The summed E-state index contributed by atoms with van der Waals surface area (Å²) in [4.78, 5) is 12.7. The summed E-state index contributed by atoms with van der Waals surface area (Å²) >= 11 is 0. The predicted octanol–water partition coefficient (Wildman–Crippen LogP) is 3.28. The summed E-state index contributed by atoms with van der Waals surface area (Å²) in [7, 11) is 1.74. The molecule has 0 aliphatic heterocycles. The Bertz CT molecular complexity index is 644. The van der Waals surface area contributed by atoms with E-state index in [1.165, 1.54) is 6.07 Å². The van der Waals surface area contributed by atoms with Crippen molar-refractivity contribution in [3.63, 3.8) is 0 Å². The van der Waals surface area contributed by atoms with Crippen LogP contribution in [0.5, 0.6) is 0 Å². The molecule has 2 aromatic carbocycles. The lowest BCUT2D eigenvalue weighted by Crippen LogP contribution is -2.12. The maximum atomic E-state index is 13.5. The number of nitrogens with zero attached hydrogens (tertiary/aromatic N) is 2. The molecule has 3 nitrogen and oxygen atoms in total. The van der Waals surface area contributed by atoms with E-state index in [2.05, 4.69) is 0 Å². The average molecular weight is 254 g/mol. The minimum absolute atomic E-state index is 0.0226. The van der Waals surface area contributed by atoms with Gasteiger partial charge >= 0.3 is 0 Å². The molecule has 0 heterocycles. The largest absolute Gasteiger partial charge is 0.344 e. The highest BCUT2D eigenvalue weighted by atomic mass is 19.1. The van der Waals surface area contributed by atoms with E-state index < -0.39 is 5.82 Å². The minimum Gasteiger partial charge on any atom is -0.344 e. The van der Waals surface area contributed by atoms with Gasteiger partial charge in [-0.25, -0.2) is 4.39 Å². The lowest BCUT2D eigenvalue weighted by atomic mass is 10.1. The van der Waals surface area contributed by atoms with Crippen molar-refractivity contribution < 1.29 is 9.18 Å². The Hall–Kier alpha value is -2.67. The van der Waals surface area contributed by atoms with E-state index in [9.17, 15) is 9.18 Å². The molecule has 0 bridgehead atoms. The number of carbonyl (C=O) groups is 1. The highest BCUT2D eigenvalue weighted by Crippen LogP contribution is 2.27. The van der Waals surface area contributed by atoms with Crippen LogP contribution in [0, 0.1) is 17.1 Å². The van der Waals surface area contributed by atoms with Crippen LogP contribution < -0.4 is 4.90 Å². The summed E-state index contributed by atoms with van der Waals surface area (Å²) in [5.74, 6) is -0.548. The van der Waals surface area contributed by atoms with Crippen LogP contribution in [-0.4, -0.2) is 13.3 Å². The second kappa shape index (κ2) is 5.32. The SMILES string of the molecule is CN(c1ccc(C#N)cc1)c1cccc(F)c1C=O. The van der Waals surface area contributed by atoms with Crippen molar-refractivity contribution in [2.45, 2.75) is 0 Å².